The molecule has 2 heterocycles. The Bertz CT molecular complexity index is 390. The van der Waals surface area contributed by atoms with E-state index < -0.39 is 0 Å². The lowest BCUT2D eigenvalue weighted by Gasteiger charge is -2.23. The van der Waals surface area contributed by atoms with Gasteiger partial charge in [-0.2, -0.15) is 0 Å². The number of carbonyl (C=O) groups excluding carboxylic acids is 1. The Morgan fingerprint density at radius 3 is 2.69 bits per heavy atom. The van der Waals surface area contributed by atoms with Gasteiger partial charge in [0.05, 0.1) is 0 Å². The molecular weight excluding hydrogens is 204 g/mol. The van der Waals surface area contributed by atoms with Gasteiger partial charge in [-0.25, -0.2) is 0 Å². The summed E-state index contributed by atoms with van der Waals surface area (Å²) in [6, 6.07) is 1.88. The van der Waals surface area contributed by atoms with Crippen molar-refractivity contribution in [3.8, 4) is 0 Å². The highest BCUT2D eigenvalue weighted by Crippen LogP contribution is 2.27. The van der Waals surface area contributed by atoms with Gasteiger partial charge in [0.25, 0.3) is 0 Å². The lowest BCUT2D eigenvalue weighted by Crippen LogP contribution is -2.35. The molecule has 0 radical (unpaired) electrons. The van der Waals surface area contributed by atoms with Crippen LogP contribution in [-0.2, 0) is 10.2 Å². The van der Waals surface area contributed by atoms with E-state index in [9.17, 15) is 4.79 Å². The first kappa shape index (κ1) is 11.2. The molecule has 1 aromatic rings. The highest BCUT2D eigenvalue weighted by atomic mass is 16.5. The Hall–Kier alpha value is -1.32. The maximum absolute atomic E-state index is 11.7. The van der Waals surface area contributed by atoms with Gasteiger partial charge < -0.3 is 4.52 Å². The van der Waals surface area contributed by atoms with Crippen molar-refractivity contribution < 1.29 is 9.32 Å². The summed E-state index contributed by atoms with van der Waals surface area (Å²) in [5, 5.41) is 3.99. The topological polar surface area (TPSA) is 46.3 Å². The summed E-state index contributed by atoms with van der Waals surface area (Å²) in [5.41, 5.74) is -0.0654. The van der Waals surface area contributed by atoms with Gasteiger partial charge >= 0.3 is 0 Å². The quantitative estimate of drug-likeness (QED) is 0.733. The third-order valence-electron chi connectivity index (χ3n) is 2.84. The number of anilines is 1. The SMILES string of the molecule is CC(C)(C)c1cc(N2CCCCC2=O)no1. The Kier molecular flexibility index (Phi) is 2.74. The van der Waals surface area contributed by atoms with Crippen LogP contribution in [0.15, 0.2) is 10.6 Å². The summed E-state index contributed by atoms with van der Waals surface area (Å²) in [7, 11) is 0. The van der Waals surface area contributed by atoms with E-state index in [0.717, 1.165) is 25.1 Å². The number of amides is 1. The van der Waals surface area contributed by atoms with E-state index in [0.29, 0.717) is 12.2 Å². The molecule has 0 atom stereocenters. The van der Waals surface area contributed by atoms with Crippen LogP contribution in [0.4, 0.5) is 5.82 Å². The van der Waals surface area contributed by atoms with Crippen LogP contribution in [0.3, 0.4) is 0 Å². The van der Waals surface area contributed by atoms with Crippen LogP contribution in [-0.4, -0.2) is 17.6 Å². The molecule has 1 saturated heterocycles. The normalized spacial score (nSPS) is 17.9. The highest BCUT2D eigenvalue weighted by Gasteiger charge is 2.25. The van der Waals surface area contributed by atoms with Crippen LogP contribution in [0, 0.1) is 0 Å². The number of aromatic nitrogens is 1. The molecular formula is C12H18N2O2. The zero-order chi connectivity index (χ0) is 11.8. The monoisotopic (exact) mass is 222 g/mol. The fourth-order valence-corrected chi connectivity index (χ4v) is 1.79. The first-order valence-electron chi connectivity index (χ1n) is 5.76. The minimum absolute atomic E-state index is 0.0654. The van der Waals surface area contributed by atoms with E-state index in [1.165, 1.54) is 0 Å². The van der Waals surface area contributed by atoms with Crippen molar-refractivity contribution in [2.75, 3.05) is 11.4 Å². The predicted molar refractivity (Wildman–Crippen MR) is 61.4 cm³/mol. The van der Waals surface area contributed by atoms with Crippen LogP contribution in [0.1, 0.15) is 45.8 Å². The molecule has 0 bridgehead atoms. The molecule has 0 aliphatic carbocycles. The zero-order valence-electron chi connectivity index (χ0n) is 10.1. The van der Waals surface area contributed by atoms with E-state index in [-0.39, 0.29) is 11.3 Å². The molecule has 1 aromatic heterocycles. The first-order chi connectivity index (χ1) is 7.48. The fourth-order valence-electron chi connectivity index (χ4n) is 1.79. The van der Waals surface area contributed by atoms with E-state index >= 15 is 0 Å². The van der Waals surface area contributed by atoms with Crippen LogP contribution >= 0.6 is 0 Å². The molecule has 0 unspecified atom stereocenters. The van der Waals surface area contributed by atoms with Crippen molar-refractivity contribution in [2.45, 2.75) is 45.4 Å². The van der Waals surface area contributed by atoms with Gasteiger partial charge in [-0.3, -0.25) is 9.69 Å². The van der Waals surface area contributed by atoms with Gasteiger partial charge in [-0.1, -0.05) is 25.9 Å². The molecule has 0 aromatic carbocycles. The van der Waals surface area contributed by atoms with Crippen LogP contribution < -0.4 is 4.90 Å². The van der Waals surface area contributed by atoms with Gasteiger partial charge in [-0.15, -0.1) is 0 Å². The van der Waals surface area contributed by atoms with E-state index in [1.807, 2.05) is 6.07 Å². The van der Waals surface area contributed by atoms with Crippen molar-refractivity contribution in [1.29, 1.82) is 0 Å². The molecule has 16 heavy (non-hydrogen) atoms. The molecule has 0 spiro atoms. The zero-order valence-corrected chi connectivity index (χ0v) is 10.1. The molecule has 1 aliphatic heterocycles. The van der Waals surface area contributed by atoms with Gasteiger partial charge in [0.2, 0.25) is 5.91 Å². The highest BCUT2D eigenvalue weighted by molar-refractivity contribution is 5.92. The summed E-state index contributed by atoms with van der Waals surface area (Å²) < 4.78 is 5.29. The van der Waals surface area contributed by atoms with Gasteiger partial charge in [-0.05, 0) is 12.8 Å². The van der Waals surface area contributed by atoms with Gasteiger partial charge in [0.15, 0.2) is 5.82 Å². The molecule has 1 fully saturated rings. The molecule has 0 N–H and O–H groups in total. The van der Waals surface area contributed by atoms with Crippen molar-refractivity contribution in [3.05, 3.63) is 11.8 Å². The Balaban J connectivity index is 2.21. The minimum atomic E-state index is -0.0654. The molecule has 4 nitrogen and oxygen atoms in total. The van der Waals surface area contributed by atoms with Crippen molar-refractivity contribution in [1.82, 2.24) is 5.16 Å². The number of hydrogen-bond acceptors (Lipinski definition) is 3. The minimum Gasteiger partial charge on any atom is -0.359 e. The Morgan fingerprint density at radius 2 is 2.12 bits per heavy atom. The maximum Gasteiger partial charge on any atom is 0.228 e. The third kappa shape index (κ3) is 2.10. The molecule has 2 rings (SSSR count). The average molecular weight is 222 g/mol. The summed E-state index contributed by atoms with van der Waals surface area (Å²) in [6.45, 7) is 6.95. The number of piperidine rings is 1. The summed E-state index contributed by atoms with van der Waals surface area (Å²) in [5.74, 6) is 1.63. The number of hydrogen-bond donors (Lipinski definition) is 0. The predicted octanol–water partition coefficient (Wildman–Crippen LogP) is 2.49. The van der Waals surface area contributed by atoms with Gasteiger partial charge in [0.1, 0.15) is 5.76 Å². The molecule has 1 amide bonds. The Morgan fingerprint density at radius 1 is 1.38 bits per heavy atom. The first-order valence-corrected chi connectivity index (χ1v) is 5.76. The van der Waals surface area contributed by atoms with Crippen LogP contribution in [0.25, 0.3) is 0 Å². The number of carbonyl (C=O) groups is 1. The summed E-state index contributed by atoms with van der Waals surface area (Å²) in [6.07, 6.45) is 2.65. The number of rotatable bonds is 1. The smallest absolute Gasteiger partial charge is 0.228 e. The maximum atomic E-state index is 11.7. The van der Waals surface area contributed by atoms with E-state index in [1.54, 1.807) is 4.90 Å². The second-order valence-corrected chi connectivity index (χ2v) is 5.30. The van der Waals surface area contributed by atoms with Crippen molar-refractivity contribution >= 4 is 11.7 Å². The summed E-state index contributed by atoms with van der Waals surface area (Å²) in [4.78, 5) is 13.4. The van der Waals surface area contributed by atoms with E-state index in [2.05, 4.69) is 25.9 Å². The number of nitrogens with zero attached hydrogens (tertiary/aromatic N) is 2. The largest absolute Gasteiger partial charge is 0.359 e. The van der Waals surface area contributed by atoms with Crippen LogP contribution in [0.2, 0.25) is 0 Å². The fraction of sp³-hybridized carbons (Fsp3) is 0.667. The standard InChI is InChI=1S/C12H18N2O2/c1-12(2,3)9-8-10(13-16-9)14-7-5-4-6-11(14)15/h8H,4-7H2,1-3H3. The van der Waals surface area contributed by atoms with Crippen molar-refractivity contribution in [3.63, 3.8) is 0 Å². The second-order valence-electron chi connectivity index (χ2n) is 5.30. The van der Waals surface area contributed by atoms with E-state index in [4.69, 9.17) is 4.52 Å². The Labute approximate surface area is 95.6 Å². The second kappa shape index (κ2) is 3.92. The lowest BCUT2D eigenvalue weighted by atomic mass is 9.93. The molecule has 4 heteroatoms. The van der Waals surface area contributed by atoms with Gasteiger partial charge in [0, 0.05) is 24.4 Å². The molecule has 1 aliphatic rings. The molecule has 88 valence electrons. The van der Waals surface area contributed by atoms with Crippen LogP contribution in [0.5, 0.6) is 0 Å². The third-order valence-corrected chi connectivity index (χ3v) is 2.84. The lowest BCUT2D eigenvalue weighted by molar-refractivity contribution is -0.119. The molecule has 0 saturated carbocycles. The summed E-state index contributed by atoms with van der Waals surface area (Å²) >= 11 is 0. The van der Waals surface area contributed by atoms with Crippen molar-refractivity contribution in [2.24, 2.45) is 0 Å². The average Bonchev–Trinajstić information content (AvgIpc) is 2.66.